The van der Waals surface area contributed by atoms with Crippen molar-refractivity contribution in [2.75, 3.05) is 99.9 Å². The van der Waals surface area contributed by atoms with Crippen LogP contribution in [0.15, 0.2) is 48.5 Å². The third-order valence-electron chi connectivity index (χ3n) is 6.03. The molecule has 3 rings (SSSR count). The van der Waals surface area contributed by atoms with Gasteiger partial charge in [-0.15, -0.1) is 0 Å². The number of nitrogens with one attached hydrogen (secondary N) is 1. The lowest BCUT2D eigenvalue weighted by atomic mass is 9.98. The first-order valence-corrected chi connectivity index (χ1v) is 13.3. The largest absolute Gasteiger partial charge is 0.449 e. The maximum absolute atomic E-state index is 12.2. The second-order valence-corrected chi connectivity index (χ2v) is 9.12. The van der Waals surface area contributed by atoms with Crippen molar-refractivity contribution in [1.29, 1.82) is 0 Å². The van der Waals surface area contributed by atoms with Gasteiger partial charge in [-0.25, -0.2) is 4.79 Å². The molecule has 0 bridgehead atoms. The summed E-state index contributed by atoms with van der Waals surface area (Å²) in [6.45, 7) is 6.83. The maximum Gasteiger partial charge on any atom is 0.407 e. The number of alkyl carbamates (subject to hydrolysis) is 1. The third kappa shape index (κ3) is 10.7. The molecular weight excluding hydrogens is 488 g/mol. The van der Waals surface area contributed by atoms with E-state index in [0.29, 0.717) is 79.2 Å². The summed E-state index contributed by atoms with van der Waals surface area (Å²) in [5.74, 6) is 0.0516. The fourth-order valence-corrected chi connectivity index (χ4v) is 4.10. The minimum Gasteiger partial charge on any atom is -0.449 e. The van der Waals surface area contributed by atoms with Crippen molar-refractivity contribution in [1.82, 2.24) is 10.2 Å². The molecule has 9 heteroatoms. The van der Waals surface area contributed by atoms with Crippen molar-refractivity contribution in [2.45, 2.75) is 5.92 Å². The lowest BCUT2D eigenvalue weighted by Gasteiger charge is -2.14. The number of hydrogen-bond acceptors (Lipinski definition) is 8. The van der Waals surface area contributed by atoms with Gasteiger partial charge >= 0.3 is 6.09 Å². The van der Waals surface area contributed by atoms with E-state index >= 15 is 0 Å². The first-order valence-electron chi connectivity index (χ1n) is 13.3. The number of carbonyl (C=O) groups excluding carboxylic acids is 1. The number of fused-ring (bicyclic) bond motifs is 3. The summed E-state index contributed by atoms with van der Waals surface area (Å²) in [4.78, 5) is 14.2. The van der Waals surface area contributed by atoms with E-state index in [4.69, 9.17) is 28.4 Å². The lowest BCUT2D eigenvalue weighted by Crippen LogP contribution is -2.29. The van der Waals surface area contributed by atoms with Gasteiger partial charge in [-0.3, -0.25) is 0 Å². The highest BCUT2D eigenvalue weighted by molar-refractivity contribution is 5.79. The Morgan fingerprint density at radius 2 is 1.13 bits per heavy atom. The number of amides is 1. The summed E-state index contributed by atoms with van der Waals surface area (Å²) in [5.41, 5.74) is 4.81. The number of hydrogen-bond donors (Lipinski definition) is 1. The predicted molar refractivity (Wildman–Crippen MR) is 146 cm³/mol. The van der Waals surface area contributed by atoms with Crippen LogP contribution in [0.5, 0.6) is 0 Å². The molecule has 0 saturated heterocycles. The zero-order valence-electron chi connectivity index (χ0n) is 22.7. The molecule has 0 heterocycles. The van der Waals surface area contributed by atoms with Gasteiger partial charge in [-0.1, -0.05) is 48.5 Å². The van der Waals surface area contributed by atoms with Crippen LogP contribution in [0.25, 0.3) is 11.1 Å². The Morgan fingerprint density at radius 1 is 0.684 bits per heavy atom. The molecule has 0 aromatic heterocycles. The zero-order chi connectivity index (χ0) is 26.8. The van der Waals surface area contributed by atoms with Gasteiger partial charge in [0.15, 0.2) is 0 Å². The first-order chi connectivity index (χ1) is 18.7. The Kier molecular flexibility index (Phi) is 14.1. The molecule has 210 valence electrons. The van der Waals surface area contributed by atoms with Gasteiger partial charge in [-0.05, 0) is 36.3 Å². The first kappa shape index (κ1) is 30.0. The van der Waals surface area contributed by atoms with Crippen molar-refractivity contribution in [3.63, 3.8) is 0 Å². The van der Waals surface area contributed by atoms with E-state index in [0.717, 1.165) is 6.54 Å². The Bertz CT molecular complexity index is 895. The molecule has 2 aromatic rings. The highest BCUT2D eigenvalue weighted by Gasteiger charge is 2.28. The monoisotopic (exact) mass is 530 g/mol. The molecule has 38 heavy (non-hydrogen) atoms. The number of likely N-dealkylation sites (N-methyl/N-ethyl adjacent to an activating group) is 1. The standard InChI is InChI=1S/C29H42N2O7/c1-31(2)12-14-34-16-18-36-20-22-37-21-19-35-17-15-33-13-11-30-29(32)38-23-28-26-9-5-3-7-24(26)25-8-4-6-10-27(25)28/h3-10,28H,11-23H2,1-2H3,(H,30,32). The fraction of sp³-hybridized carbons (Fsp3) is 0.552. The van der Waals surface area contributed by atoms with Gasteiger partial charge in [0, 0.05) is 19.0 Å². The van der Waals surface area contributed by atoms with Crippen LogP contribution in [0.3, 0.4) is 0 Å². The van der Waals surface area contributed by atoms with Gasteiger partial charge < -0.3 is 38.6 Å². The summed E-state index contributed by atoms with van der Waals surface area (Å²) in [6.07, 6.45) is -0.440. The van der Waals surface area contributed by atoms with Gasteiger partial charge in [0.05, 0.1) is 66.1 Å². The summed E-state index contributed by atoms with van der Waals surface area (Å²) in [7, 11) is 4.03. The average Bonchev–Trinajstić information content (AvgIpc) is 3.24. The Labute approximate surface area is 226 Å². The average molecular weight is 531 g/mol. The molecule has 1 aliphatic carbocycles. The van der Waals surface area contributed by atoms with E-state index in [9.17, 15) is 4.79 Å². The van der Waals surface area contributed by atoms with E-state index in [1.54, 1.807) is 0 Å². The molecule has 0 unspecified atom stereocenters. The molecule has 1 N–H and O–H groups in total. The molecule has 0 aliphatic heterocycles. The van der Waals surface area contributed by atoms with Crippen LogP contribution in [0.1, 0.15) is 17.0 Å². The summed E-state index contributed by atoms with van der Waals surface area (Å²) in [6, 6.07) is 16.6. The van der Waals surface area contributed by atoms with Crippen molar-refractivity contribution < 1.29 is 33.2 Å². The maximum atomic E-state index is 12.2. The minimum atomic E-state index is -0.440. The number of nitrogens with zero attached hydrogens (tertiary/aromatic N) is 1. The van der Waals surface area contributed by atoms with Gasteiger partial charge in [0.1, 0.15) is 6.61 Å². The summed E-state index contributed by atoms with van der Waals surface area (Å²) >= 11 is 0. The van der Waals surface area contributed by atoms with Gasteiger partial charge in [-0.2, -0.15) is 0 Å². The van der Waals surface area contributed by atoms with Gasteiger partial charge in [0.2, 0.25) is 0 Å². The van der Waals surface area contributed by atoms with Crippen LogP contribution >= 0.6 is 0 Å². The normalized spacial score (nSPS) is 12.5. The van der Waals surface area contributed by atoms with E-state index in [1.807, 2.05) is 38.4 Å². The van der Waals surface area contributed by atoms with Crippen molar-refractivity contribution in [3.8, 4) is 11.1 Å². The van der Waals surface area contributed by atoms with Crippen molar-refractivity contribution in [2.24, 2.45) is 0 Å². The van der Waals surface area contributed by atoms with Crippen LogP contribution in [0.4, 0.5) is 4.79 Å². The van der Waals surface area contributed by atoms with Crippen LogP contribution in [-0.2, 0) is 28.4 Å². The number of carbonyl (C=O) groups is 1. The second-order valence-electron chi connectivity index (χ2n) is 9.12. The third-order valence-corrected chi connectivity index (χ3v) is 6.03. The summed E-state index contributed by atoms with van der Waals surface area (Å²) < 4.78 is 32.8. The molecule has 0 fully saturated rings. The minimum absolute atomic E-state index is 0.0516. The van der Waals surface area contributed by atoms with Crippen molar-refractivity contribution >= 4 is 6.09 Å². The Morgan fingerprint density at radius 3 is 1.63 bits per heavy atom. The molecular formula is C29H42N2O7. The molecule has 2 aromatic carbocycles. The molecule has 0 radical (unpaired) electrons. The SMILES string of the molecule is CN(C)CCOCCOCCOCCOCCOCCNC(=O)OCC1c2ccccc2-c2ccccc21. The number of benzene rings is 2. The molecule has 0 spiro atoms. The lowest BCUT2D eigenvalue weighted by molar-refractivity contribution is -0.0114. The number of rotatable bonds is 20. The van der Waals surface area contributed by atoms with E-state index in [-0.39, 0.29) is 5.92 Å². The Hall–Kier alpha value is -2.53. The highest BCUT2D eigenvalue weighted by Crippen LogP contribution is 2.44. The van der Waals surface area contributed by atoms with E-state index < -0.39 is 6.09 Å². The second kappa shape index (κ2) is 17.9. The smallest absolute Gasteiger partial charge is 0.407 e. The molecule has 0 saturated carbocycles. The van der Waals surface area contributed by atoms with Crippen LogP contribution < -0.4 is 5.32 Å². The van der Waals surface area contributed by atoms with Crippen LogP contribution in [0.2, 0.25) is 0 Å². The van der Waals surface area contributed by atoms with E-state index in [2.05, 4.69) is 34.5 Å². The van der Waals surface area contributed by atoms with Crippen LogP contribution in [0, 0.1) is 0 Å². The van der Waals surface area contributed by atoms with Crippen molar-refractivity contribution in [3.05, 3.63) is 59.7 Å². The quantitative estimate of drug-likeness (QED) is 0.261. The fourth-order valence-electron chi connectivity index (χ4n) is 4.10. The molecule has 9 nitrogen and oxygen atoms in total. The van der Waals surface area contributed by atoms with Gasteiger partial charge in [0.25, 0.3) is 0 Å². The number of ether oxygens (including phenoxy) is 6. The highest BCUT2D eigenvalue weighted by atomic mass is 16.6. The Balaban J connectivity index is 1.11. The predicted octanol–water partition coefficient (Wildman–Crippen LogP) is 3.17. The molecule has 1 aliphatic rings. The summed E-state index contributed by atoms with van der Waals surface area (Å²) in [5, 5.41) is 2.74. The molecule has 1 amide bonds. The zero-order valence-corrected chi connectivity index (χ0v) is 22.7. The van der Waals surface area contributed by atoms with E-state index in [1.165, 1.54) is 22.3 Å². The topological polar surface area (TPSA) is 87.7 Å². The molecule has 0 atom stereocenters. The van der Waals surface area contributed by atoms with Crippen LogP contribution in [-0.4, -0.2) is 111 Å².